The highest BCUT2D eigenvalue weighted by Gasteiger charge is 2.69. The van der Waals surface area contributed by atoms with E-state index in [4.69, 9.17) is 4.55 Å². The number of hydrogen-bond acceptors (Lipinski definition) is 5. The van der Waals surface area contributed by atoms with Gasteiger partial charge in [-0.25, -0.2) is 0 Å². The van der Waals surface area contributed by atoms with Gasteiger partial charge in [0, 0.05) is 11.5 Å². The van der Waals surface area contributed by atoms with Crippen LogP contribution >= 0.6 is 0 Å². The van der Waals surface area contributed by atoms with Crippen LogP contribution in [0.1, 0.15) is 52.2 Å². The monoisotopic (exact) mass is 397 g/mol. The lowest BCUT2D eigenvalue weighted by Crippen LogP contribution is -2.38. The highest BCUT2D eigenvalue weighted by molar-refractivity contribution is 7.87. The fourth-order valence-corrected chi connectivity index (χ4v) is 5.87. The van der Waals surface area contributed by atoms with E-state index in [-0.39, 0.29) is 23.2 Å². The van der Waals surface area contributed by atoms with Crippen LogP contribution in [0, 0.1) is 16.7 Å². The van der Waals surface area contributed by atoms with Crippen LogP contribution in [0.5, 0.6) is 0 Å². The van der Waals surface area contributed by atoms with Gasteiger partial charge in [-0.1, -0.05) is 51.1 Å². The van der Waals surface area contributed by atoms with Crippen molar-refractivity contribution >= 4 is 15.9 Å². The number of Topliss-reactive ketones (excluding diaryl/α,β-unsaturated/α-hetero) is 1. The van der Waals surface area contributed by atoms with E-state index in [2.05, 4.69) is 5.32 Å². The number of ketones is 1. The van der Waals surface area contributed by atoms with E-state index < -0.39 is 26.9 Å². The summed E-state index contributed by atoms with van der Waals surface area (Å²) in [6.45, 7) is 7.62. The molecule has 0 amide bonds. The van der Waals surface area contributed by atoms with Crippen LogP contribution in [0.25, 0.3) is 0 Å². The molecule has 2 bridgehead atoms. The topological polar surface area (TPSA) is 104 Å². The van der Waals surface area contributed by atoms with Gasteiger partial charge in [-0.2, -0.15) is 8.42 Å². The Morgan fingerprint density at radius 3 is 2.11 bits per heavy atom. The number of carbonyl (C=O) groups is 1. The van der Waals surface area contributed by atoms with Crippen LogP contribution in [0.3, 0.4) is 0 Å². The summed E-state index contributed by atoms with van der Waals surface area (Å²) in [6, 6.07) is 9.76. The van der Waals surface area contributed by atoms with E-state index >= 15 is 0 Å². The molecule has 7 heteroatoms. The van der Waals surface area contributed by atoms with Gasteiger partial charge in [-0.15, -0.1) is 0 Å². The molecule has 2 aliphatic rings. The highest BCUT2D eigenvalue weighted by Crippen LogP contribution is 2.64. The van der Waals surface area contributed by atoms with Crippen molar-refractivity contribution in [1.82, 2.24) is 5.32 Å². The number of hydrogen-bond donors (Lipinski definition) is 3. The smallest absolute Gasteiger partial charge is 0.275 e. The van der Waals surface area contributed by atoms with Crippen molar-refractivity contribution in [3.8, 4) is 0 Å². The SMILES string of the molecule is CC12CCC(C(S(=O)(=O)O)C1=O)C2(C)C.CN[C@@H](C)[C@H](O)c1ccccc1. The molecule has 3 N–H and O–H groups in total. The molecule has 0 aliphatic heterocycles. The Balaban J connectivity index is 0.000000199. The maximum Gasteiger partial charge on any atom is 0.275 e. The minimum absolute atomic E-state index is 0.0902. The van der Waals surface area contributed by atoms with Gasteiger partial charge in [0.15, 0.2) is 5.78 Å². The summed E-state index contributed by atoms with van der Waals surface area (Å²) in [7, 11) is -2.40. The van der Waals surface area contributed by atoms with E-state index in [0.717, 1.165) is 12.0 Å². The molecule has 3 unspecified atom stereocenters. The van der Waals surface area contributed by atoms with Crippen molar-refractivity contribution in [2.24, 2.45) is 16.7 Å². The molecule has 0 spiro atoms. The standard InChI is InChI=1S/C10H15NO.C10H16O4S/c1-8(11-2)10(12)9-6-4-3-5-7-9;1-9(2)6-4-5-10(9,3)8(11)7(6)15(12,13)14/h3-8,10-12H,1-2H3;6-7H,4-5H2,1-3H3,(H,12,13,14)/t8-,10-;/m0./s1. The number of likely N-dealkylation sites (N-methyl/N-ethyl adjacent to an activating group) is 1. The first-order valence-electron chi connectivity index (χ1n) is 9.29. The fraction of sp³-hybridized carbons (Fsp3) is 0.650. The molecular weight excluding hydrogens is 366 g/mol. The molecule has 2 fully saturated rings. The Bertz CT molecular complexity index is 777. The predicted molar refractivity (Wildman–Crippen MR) is 105 cm³/mol. The maximum atomic E-state index is 12.0. The first-order valence-corrected chi connectivity index (χ1v) is 10.8. The second-order valence-electron chi connectivity index (χ2n) is 8.43. The van der Waals surface area contributed by atoms with Crippen LogP contribution in [0.2, 0.25) is 0 Å². The molecule has 1 aromatic carbocycles. The second kappa shape index (κ2) is 7.62. The van der Waals surface area contributed by atoms with Crippen LogP contribution in [0.4, 0.5) is 0 Å². The zero-order valence-electron chi connectivity index (χ0n) is 16.6. The Morgan fingerprint density at radius 2 is 1.74 bits per heavy atom. The molecule has 1 aromatic rings. The molecule has 2 aliphatic carbocycles. The Kier molecular flexibility index (Phi) is 6.21. The largest absolute Gasteiger partial charge is 0.387 e. The lowest BCUT2D eigenvalue weighted by Gasteiger charge is -2.32. The van der Waals surface area contributed by atoms with Gasteiger partial charge in [0.2, 0.25) is 0 Å². The molecule has 0 heterocycles. The molecule has 152 valence electrons. The molecule has 5 atom stereocenters. The van der Waals surface area contributed by atoms with E-state index in [1.54, 1.807) is 0 Å². The quantitative estimate of drug-likeness (QED) is 0.675. The van der Waals surface area contributed by atoms with E-state index in [1.807, 2.05) is 65.1 Å². The van der Waals surface area contributed by atoms with Gasteiger partial charge in [0.25, 0.3) is 10.1 Å². The summed E-state index contributed by atoms with van der Waals surface area (Å²) >= 11 is 0. The lowest BCUT2D eigenvalue weighted by molar-refractivity contribution is -0.128. The minimum Gasteiger partial charge on any atom is -0.387 e. The van der Waals surface area contributed by atoms with Crippen molar-refractivity contribution in [2.75, 3.05) is 7.05 Å². The van der Waals surface area contributed by atoms with Crippen molar-refractivity contribution in [3.05, 3.63) is 35.9 Å². The van der Waals surface area contributed by atoms with Gasteiger partial charge < -0.3 is 10.4 Å². The average Bonchev–Trinajstić information content (AvgIpc) is 2.93. The maximum absolute atomic E-state index is 12.0. The number of benzene rings is 1. The van der Waals surface area contributed by atoms with Gasteiger partial charge in [0.05, 0.1) is 6.10 Å². The number of rotatable bonds is 4. The van der Waals surface area contributed by atoms with Gasteiger partial charge in [0.1, 0.15) is 5.25 Å². The Morgan fingerprint density at radius 1 is 1.19 bits per heavy atom. The van der Waals surface area contributed by atoms with E-state index in [1.165, 1.54) is 0 Å². The third kappa shape index (κ3) is 3.83. The molecule has 3 rings (SSSR count). The van der Waals surface area contributed by atoms with E-state index in [9.17, 15) is 18.3 Å². The number of aliphatic hydroxyl groups excluding tert-OH is 1. The second-order valence-corrected chi connectivity index (χ2v) is 9.97. The molecule has 6 nitrogen and oxygen atoms in total. The highest BCUT2D eigenvalue weighted by atomic mass is 32.2. The third-order valence-electron chi connectivity index (χ3n) is 6.86. The third-order valence-corrected chi connectivity index (χ3v) is 8.05. The molecule has 2 saturated carbocycles. The number of carbonyl (C=O) groups excluding carboxylic acids is 1. The predicted octanol–water partition coefficient (Wildman–Crippen LogP) is 2.60. The summed E-state index contributed by atoms with van der Waals surface area (Å²) < 4.78 is 31.5. The summed E-state index contributed by atoms with van der Waals surface area (Å²) in [5, 5.41) is 11.6. The number of nitrogens with one attached hydrogen (secondary N) is 1. The van der Waals surface area contributed by atoms with Crippen LogP contribution in [0.15, 0.2) is 30.3 Å². The number of aliphatic hydroxyl groups is 1. The van der Waals surface area contributed by atoms with E-state index in [0.29, 0.717) is 6.42 Å². The molecule has 0 aromatic heterocycles. The van der Waals surface area contributed by atoms with Gasteiger partial charge >= 0.3 is 0 Å². The average molecular weight is 398 g/mol. The Hall–Kier alpha value is -1.28. The van der Waals surface area contributed by atoms with Crippen molar-refractivity contribution < 1.29 is 22.9 Å². The van der Waals surface area contributed by atoms with Crippen molar-refractivity contribution in [1.29, 1.82) is 0 Å². The zero-order valence-corrected chi connectivity index (χ0v) is 17.5. The summed E-state index contributed by atoms with van der Waals surface area (Å²) in [5.74, 6) is -0.531. The lowest BCUT2D eigenvalue weighted by atomic mass is 9.70. The Labute approximate surface area is 162 Å². The zero-order chi connectivity index (χ0) is 20.6. The van der Waals surface area contributed by atoms with Gasteiger partial charge in [-0.05, 0) is 43.7 Å². The summed E-state index contributed by atoms with van der Waals surface area (Å²) in [6.07, 6.45) is 1.02. The van der Waals surface area contributed by atoms with Crippen molar-refractivity contribution in [3.63, 3.8) is 0 Å². The first-order chi connectivity index (χ1) is 12.4. The number of fused-ring (bicyclic) bond motifs is 2. The molecule has 0 saturated heterocycles. The molecular formula is C20H31NO5S. The van der Waals surface area contributed by atoms with Crippen molar-refractivity contribution in [2.45, 2.75) is 57.9 Å². The minimum atomic E-state index is -4.24. The fourth-order valence-electron chi connectivity index (χ4n) is 4.44. The van der Waals surface area contributed by atoms with Gasteiger partial charge in [-0.3, -0.25) is 9.35 Å². The normalized spacial score (nSPS) is 31.1. The molecule has 27 heavy (non-hydrogen) atoms. The molecule has 0 radical (unpaired) electrons. The van der Waals surface area contributed by atoms with Crippen LogP contribution in [-0.4, -0.2) is 42.2 Å². The van der Waals surface area contributed by atoms with Crippen LogP contribution < -0.4 is 5.32 Å². The van der Waals surface area contributed by atoms with Crippen LogP contribution in [-0.2, 0) is 14.9 Å². The summed E-state index contributed by atoms with van der Waals surface area (Å²) in [4.78, 5) is 12.0. The first kappa shape index (κ1) is 22.0. The summed E-state index contributed by atoms with van der Waals surface area (Å²) in [5.41, 5.74) is 0.0437.